The molecule has 0 N–H and O–H groups in total. The zero-order chi connectivity index (χ0) is 7.98. The molecule has 3 heteroatoms. The van der Waals surface area contributed by atoms with E-state index in [1.54, 1.807) is 0 Å². The summed E-state index contributed by atoms with van der Waals surface area (Å²) in [7, 11) is 3.37. The molecular formula is C7H18ClNSi. The highest BCUT2D eigenvalue weighted by Crippen LogP contribution is 2.06. The summed E-state index contributed by atoms with van der Waals surface area (Å²) >= 11 is 6.14. The van der Waals surface area contributed by atoms with Crippen LogP contribution >= 0.6 is 11.1 Å². The van der Waals surface area contributed by atoms with Gasteiger partial charge in [0.2, 0.25) is 0 Å². The lowest BCUT2D eigenvalue weighted by Gasteiger charge is -2.10. The molecule has 10 heavy (non-hydrogen) atoms. The van der Waals surface area contributed by atoms with Gasteiger partial charge in [0.05, 0.1) is 0 Å². The zero-order valence-electron chi connectivity index (χ0n) is 7.23. The normalized spacial score (nSPS) is 14.1. The van der Waals surface area contributed by atoms with Gasteiger partial charge in [-0.25, -0.2) is 0 Å². The van der Waals surface area contributed by atoms with Crippen molar-refractivity contribution in [2.45, 2.75) is 25.4 Å². The average molecular weight is 180 g/mol. The molecule has 0 heterocycles. The van der Waals surface area contributed by atoms with Gasteiger partial charge in [0.25, 0.3) is 0 Å². The summed E-state index contributed by atoms with van der Waals surface area (Å²) in [6.07, 6.45) is 1.26. The van der Waals surface area contributed by atoms with Crippen molar-refractivity contribution in [1.29, 1.82) is 0 Å². The lowest BCUT2D eigenvalue weighted by Crippen LogP contribution is -2.17. The van der Waals surface area contributed by atoms with Gasteiger partial charge in [0.15, 0.2) is 0 Å². The molecule has 0 amide bonds. The lowest BCUT2D eigenvalue weighted by atomic mass is 10.6. The van der Waals surface area contributed by atoms with Crippen LogP contribution in [0.1, 0.15) is 13.3 Å². The molecule has 62 valence electrons. The van der Waals surface area contributed by atoms with Gasteiger partial charge >= 0.3 is 0 Å². The summed E-state index contributed by atoms with van der Waals surface area (Å²) in [6.45, 7) is 3.37. The first kappa shape index (κ1) is 10.5. The van der Waals surface area contributed by atoms with Crippen molar-refractivity contribution in [2.75, 3.05) is 20.6 Å². The molecule has 0 aromatic rings. The van der Waals surface area contributed by atoms with E-state index in [0.29, 0.717) is 0 Å². The van der Waals surface area contributed by atoms with Crippen molar-refractivity contribution in [3.63, 3.8) is 0 Å². The average Bonchev–Trinajstić information content (AvgIpc) is 1.85. The number of halogens is 1. The molecule has 0 aromatic carbocycles. The maximum Gasteiger partial charge on any atom is 0.142 e. The summed E-state index contributed by atoms with van der Waals surface area (Å²) in [5, 5.41) is 0. The molecule has 1 unspecified atom stereocenters. The Morgan fingerprint density at radius 2 is 1.90 bits per heavy atom. The van der Waals surface area contributed by atoms with Crippen LogP contribution in [-0.2, 0) is 0 Å². The Kier molecular flexibility index (Phi) is 6.48. The van der Waals surface area contributed by atoms with Crippen molar-refractivity contribution in [2.24, 2.45) is 0 Å². The number of hydrogen-bond donors (Lipinski definition) is 0. The van der Waals surface area contributed by atoms with Crippen LogP contribution in [-0.4, -0.2) is 33.6 Å². The molecule has 0 saturated heterocycles. The molecule has 0 spiro atoms. The fourth-order valence-corrected chi connectivity index (χ4v) is 3.51. The SMILES string of the molecule is CCC[SiH](Cl)CCN(C)C. The van der Waals surface area contributed by atoms with Gasteiger partial charge in [0, 0.05) is 0 Å². The Bertz CT molecular complexity index is 78.0. The third-order valence-electron chi connectivity index (χ3n) is 1.49. The van der Waals surface area contributed by atoms with Crippen LogP contribution < -0.4 is 0 Å². The highest BCUT2D eigenvalue weighted by atomic mass is 35.6. The Morgan fingerprint density at radius 1 is 1.30 bits per heavy atom. The van der Waals surface area contributed by atoms with Crippen LogP contribution in [0.15, 0.2) is 0 Å². The maximum absolute atomic E-state index is 6.14. The molecule has 1 nitrogen and oxygen atoms in total. The zero-order valence-corrected chi connectivity index (χ0v) is 9.14. The molecule has 0 aliphatic carbocycles. The van der Waals surface area contributed by atoms with Crippen LogP contribution in [0.3, 0.4) is 0 Å². The van der Waals surface area contributed by atoms with Crippen molar-refractivity contribution in [3.8, 4) is 0 Å². The fourth-order valence-electron chi connectivity index (χ4n) is 0.856. The molecule has 0 aromatic heterocycles. The first-order valence-corrected chi connectivity index (χ1v) is 7.33. The predicted molar refractivity (Wildman–Crippen MR) is 51.5 cm³/mol. The third kappa shape index (κ3) is 6.58. The standard InChI is InChI=1S/C7H18ClNSi/c1-4-6-10(8)7-5-9(2)3/h10H,4-7H2,1-3H3. The minimum absolute atomic E-state index is 0.828. The highest BCUT2D eigenvalue weighted by Gasteiger charge is 2.04. The Labute approximate surface area is 70.7 Å². The molecule has 0 fully saturated rings. The van der Waals surface area contributed by atoms with Crippen LogP contribution in [0, 0.1) is 0 Å². The summed E-state index contributed by atoms with van der Waals surface area (Å²) < 4.78 is 0. The molecular weight excluding hydrogens is 162 g/mol. The lowest BCUT2D eigenvalue weighted by molar-refractivity contribution is 0.432. The van der Waals surface area contributed by atoms with Gasteiger partial charge < -0.3 is 4.90 Å². The van der Waals surface area contributed by atoms with E-state index in [1.165, 1.54) is 25.1 Å². The van der Waals surface area contributed by atoms with Crippen molar-refractivity contribution in [1.82, 2.24) is 4.90 Å². The predicted octanol–water partition coefficient (Wildman–Crippen LogP) is 1.92. The van der Waals surface area contributed by atoms with E-state index < -0.39 is 8.11 Å². The molecule has 0 bridgehead atoms. The Morgan fingerprint density at radius 3 is 2.30 bits per heavy atom. The Balaban J connectivity index is 3.12. The topological polar surface area (TPSA) is 3.24 Å². The van der Waals surface area contributed by atoms with Gasteiger partial charge in [0.1, 0.15) is 8.11 Å². The fraction of sp³-hybridized carbons (Fsp3) is 1.00. The smallest absolute Gasteiger partial charge is 0.142 e. The maximum atomic E-state index is 6.14. The van der Waals surface area contributed by atoms with Gasteiger partial charge in [-0.3, -0.25) is 0 Å². The number of hydrogen-bond acceptors (Lipinski definition) is 1. The van der Waals surface area contributed by atoms with E-state index in [2.05, 4.69) is 25.9 Å². The summed E-state index contributed by atoms with van der Waals surface area (Å²) in [4.78, 5) is 2.21. The van der Waals surface area contributed by atoms with Crippen LogP contribution in [0.5, 0.6) is 0 Å². The Hall–Kier alpha value is 0.467. The summed E-state index contributed by atoms with van der Waals surface area (Å²) in [5.41, 5.74) is 0. The monoisotopic (exact) mass is 179 g/mol. The largest absolute Gasteiger partial charge is 0.310 e. The number of nitrogens with zero attached hydrogens (tertiary/aromatic N) is 1. The van der Waals surface area contributed by atoms with Gasteiger partial charge in [-0.15, -0.1) is 0 Å². The van der Waals surface area contributed by atoms with Crippen LogP contribution in [0.25, 0.3) is 0 Å². The van der Waals surface area contributed by atoms with Gasteiger partial charge in [-0.05, 0) is 32.7 Å². The van der Waals surface area contributed by atoms with Gasteiger partial charge in [-0.1, -0.05) is 13.3 Å². The van der Waals surface area contributed by atoms with Gasteiger partial charge in [-0.2, -0.15) is 11.1 Å². The van der Waals surface area contributed by atoms with E-state index in [9.17, 15) is 0 Å². The molecule has 0 radical (unpaired) electrons. The quantitative estimate of drug-likeness (QED) is 0.461. The molecule has 0 aliphatic heterocycles. The van der Waals surface area contributed by atoms with E-state index >= 15 is 0 Å². The van der Waals surface area contributed by atoms with Crippen molar-refractivity contribution in [3.05, 3.63) is 0 Å². The van der Waals surface area contributed by atoms with Crippen LogP contribution in [0.4, 0.5) is 0 Å². The molecule has 0 saturated carbocycles. The highest BCUT2D eigenvalue weighted by molar-refractivity contribution is 7.06. The van der Waals surface area contributed by atoms with Crippen LogP contribution in [0.2, 0.25) is 12.1 Å². The minimum atomic E-state index is -0.828. The third-order valence-corrected chi connectivity index (χ3v) is 4.89. The van der Waals surface area contributed by atoms with Crippen molar-refractivity contribution < 1.29 is 0 Å². The molecule has 1 atom stereocenters. The molecule has 0 rings (SSSR count). The minimum Gasteiger partial charge on any atom is -0.310 e. The van der Waals surface area contributed by atoms with E-state index in [4.69, 9.17) is 11.1 Å². The first-order valence-electron chi connectivity index (χ1n) is 3.95. The second-order valence-corrected chi connectivity index (χ2v) is 7.18. The first-order chi connectivity index (χ1) is 4.66. The van der Waals surface area contributed by atoms with E-state index in [-0.39, 0.29) is 0 Å². The second kappa shape index (κ2) is 6.19. The van der Waals surface area contributed by atoms with Crippen molar-refractivity contribution >= 4 is 19.2 Å². The van der Waals surface area contributed by atoms with E-state index in [0.717, 1.165) is 0 Å². The summed E-state index contributed by atoms with van der Waals surface area (Å²) in [5.74, 6) is 0. The molecule has 0 aliphatic rings. The number of rotatable bonds is 5. The second-order valence-electron chi connectivity index (χ2n) is 2.98. The van der Waals surface area contributed by atoms with E-state index in [1.807, 2.05) is 0 Å². The summed E-state index contributed by atoms with van der Waals surface area (Å²) in [6, 6.07) is 2.54.